The molecule has 0 radical (unpaired) electrons. The van der Waals surface area contributed by atoms with Crippen molar-refractivity contribution >= 4 is 5.91 Å². The van der Waals surface area contributed by atoms with Crippen LogP contribution in [-0.4, -0.2) is 58.6 Å². The highest BCUT2D eigenvalue weighted by molar-refractivity contribution is 5.83. The minimum Gasteiger partial charge on any atom is -0.344 e. The molecule has 21 heavy (non-hydrogen) atoms. The summed E-state index contributed by atoms with van der Waals surface area (Å²) in [5.74, 6) is 2.76. The molecule has 0 aromatic carbocycles. The summed E-state index contributed by atoms with van der Waals surface area (Å²) in [6, 6.07) is 0.0626. The zero-order chi connectivity index (χ0) is 14.4. The lowest BCUT2D eigenvalue weighted by atomic mass is 9.95. The summed E-state index contributed by atoms with van der Waals surface area (Å²) in [7, 11) is 1.89. The highest BCUT2D eigenvalue weighted by atomic mass is 16.5. The first-order chi connectivity index (χ1) is 10.2. The Balaban J connectivity index is 1.45. The second-order valence-electron chi connectivity index (χ2n) is 6.66. The number of amides is 1. The van der Waals surface area contributed by atoms with Crippen LogP contribution in [0, 0.1) is 0 Å². The number of aromatic nitrogens is 2. The molecule has 1 aliphatic carbocycles. The van der Waals surface area contributed by atoms with Gasteiger partial charge in [0.05, 0.1) is 6.04 Å². The Hall–Kier alpha value is -1.43. The molecule has 0 N–H and O–H groups in total. The number of likely N-dealkylation sites (N-methyl/N-ethyl adjacent to an activating group) is 1. The number of carbonyl (C=O) groups excluding carboxylic acids is 1. The van der Waals surface area contributed by atoms with E-state index < -0.39 is 0 Å². The summed E-state index contributed by atoms with van der Waals surface area (Å²) in [5, 5.41) is 4.19. The summed E-state index contributed by atoms with van der Waals surface area (Å²) >= 11 is 0. The third-order valence-corrected chi connectivity index (χ3v) is 5.04. The predicted octanol–water partition coefficient (Wildman–Crippen LogP) is 1.36. The van der Waals surface area contributed by atoms with Crippen LogP contribution in [0.25, 0.3) is 0 Å². The molecule has 2 atom stereocenters. The van der Waals surface area contributed by atoms with Gasteiger partial charge in [0, 0.05) is 32.0 Å². The molecule has 114 valence electrons. The van der Waals surface area contributed by atoms with Gasteiger partial charge in [0.15, 0.2) is 5.82 Å². The molecule has 3 aliphatic rings. The van der Waals surface area contributed by atoms with Gasteiger partial charge in [-0.05, 0) is 38.6 Å². The number of nitrogens with zero attached hydrogens (tertiary/aromatic N) is 4. The Morgan fingerprint density at radius 1 is 1.14 bits per heavy atom. The van der Waals surface area contributed by atoms with Crippen LogP contribution >= 0.6 is 0 Å². The maximum atomic E-state index is 12.2. The second-order valence-corrected chi connectivity index (χ2v) is 6.66. The maximum Gasteiger partial charge on any atom is 0.239 e. The van der Waals surface area contributed by atoms with Gasteiger partial charge in [-0.25, -0.2) is 0 Å². The van der Waals surface area contributed by atoms with E-state index in [1.54, 1.807) is 0 Å². The number of rotatable bonds is 3. The van der Waals surface area contributed by atoms with Gasteiger partial charge >= 0.3 is 0 Å². The van der Waals surface area contributed by atoms with Crippen molar-refractivity contribution < 1.29 is 9.32 Å². The molecule has 4 rings (SSSR count). The molecule has 1 amide bonds. The lowest BCUT2D eigenvalue weighted by molar-refractivity contribution is -0.131. The average molecular weight is 290 g/mol. The van der Waals surface area contributed by atoms with Gasteiger partial charge in [-0.15, -0.1) is 0 Å². The molecule has 6 nitrogen and oxygen atoms in total. The van der Waals surface area contributed by atoms with E-state index in [9.17, 15) is 4.79 Å². The molecule has 3 heterocycles. The molecule has 6 heteroatoms. The monoisotopic (exact) mass is 290 g/mol. The van der Waals surface area contributed by atoms with E-state index in [-0.39, 0.29) is 11.9 Å². The molecule has 3 fully saturated rings. The van der Waals surface area contributed by atoms with Gasteiger partial charge in [0.2, 0.25) is 11.8 Å². The first-order valence-corrected chi connectivity index (χ1v) is 8.05. The van der Waals surface area contributed by atoms with Crippen molar-refractivity contribution in [3.8, 4) is 0 Å². The second kappa shape index (κ2) is 5.09. The van der Waals surface area contributed by atoms with Crippen molar-refractivity contribution in [1.29, 1.82) is 0 Å². The molecule has 1 saturated carbocycles. The van der Waals surface area contributed by atoms with E-state index in [1.165, 1.54) is 12.8 Å². The Morgan fingerprint density at radius 3 is 2.71 bits per heavy atom. The minimum absolute atomic E-state index is 0.0626. The average Bonchev–Trinajstić information content (AvgIpc) is 3.14. The van der Waals surface area contributed by atoms with Crippen molar-refractivity contribution in [3.05, 3.63) is 11.7 Å². The largest absolute Gasteiger partial charge is 0.344 e. The fourth-order valence-electron chi connectivity index (χ4n) is 3.55. The van der Waals surface area contributed by atoms with E-state index in [1.807, 2.05) is 11.9 Å². The van der Waals surface area contributed by atoms with Crippen LogP contribution in [-0.2, 0) is 4.79 Å². The van der Waals surface area contributed by atoms with E-state index in [2.05, 4.69) is 15.0 Å². The highest BCUT2D eigenvalue weighted by Crippen LogP contribution is 2.39. The van der Waals surface area contributed by atoms with Gasteiger partial charge in [-0.2, -0.15) is 4.98 Å². The molecule has 1 aromatic rings. The van der Waals surface area contributed by atoms with Crippen molar-refractivity contribution in [2.75, 3.05) is 26.7 Å². The lowest BCUT2D eigenvalue weighted by Gasteiger charge is -2.34. The van der Waals surface area contributed by atoms with Gasteiger partial charge in [0.1, 0.15) is 0 Å². The fraction of sp³-hybridized carbons (Fsp3) is 0.800. The topological polar surface area (TPSA) is 62.5 Å². The maximum absolute atomic E-state index is 12.2. The Labute approximate surface area is 124 Å². The Kier molecular flexibility index (Phi) is 3.21. The van der Waals surface area contributed by atoms with Crippen molar-refractivity contribution in [1.82, 2.24) is 19.9 Å². The third-order valence-electron chi connectivity index (χ3n) is 5.04. The van der Waals surface area contributed by atoms with E-state index >= 15 is 0 Å². The smallest absolute Gasteiger partial charge is 0.239 e. The van der Waals surface area contributed by atoms with Crippen LogP contribution in [0.3, 0.4) is 0 Å². The summed E-state index contributed by atoms with van der Waals surface area (Å²) in [6.45, 7) is 2.76. The van der Waals surface area contributed by atoms with Crippen molar-refractivity contribution in [2.24, 2.45) is 0 Å². The normalized spacial score (nSPS) is 31.1. The minimum atomic E-state index is 0.0626. The first kappa shape index (κ1) is 13.2. The SMILES string of the molecule is CN1CC[C@H](N2CCC[C@H](c3noc(C4CC4)n3)C2)C1=O. The van der Waals surface area contributed by atoms with Crippen LogP contribution in [0.1, 0.15) is 55.7 Å². The number of carbonyl (C=O) groups is 1. The van der Waals surface area contributed by atoms with Gasteiger partial charge < -0.3 is 9.42 Å². The molecule has 0 unspecified atom stereocenters. The number of likely N-dealkylation sites (tertiary alicyclic amines) is 2. The molecular formula is C15H22N4O2. The number of piperidine rings is 1. The van der Waals surface area contributed by atoms with Crippen LogP contribution in [0.5, 0.6) is 0 Å². The summed E-state index contributed by atoms with van der Waals surface area (Å²) in [5.41, 5.74) is 0. The van der Waals surface area contributed by atoms with Crippen LogP contribution < -0.4 is 0 Å². The molecule has 1 aromatic heterocycles. The van der Waals surface area contributed by atoms with E-state index in [0.717, 1.165) is 50.6 Å². The third kappa shape index (κ3) is 2.46. The van der Waals surface area contributed by atoms with Crippen LogP contribution in [0.15, 0.2) is 4.52 Å². The summed E-state index contributed by atoms with van der Waals surface area (Å²) in [6.07, 6.45) is 5.51. The molecular weight excluding hydrogens is 268 g/mol. The predicted molar refractivity (Wildman–Crippen MR) is 75.9 cm³/mol. The zero-order valence-corrected chi connectivity index (χ0v) is 12.5. The standard InChI is InChI=1S/C15H22N4O2/c1-18-8-6-12(15(18)20)19-7-2-3-11(9-19)13-16-14(21-17-13)10-4-5-10/h10-12H,2-9H2,1H3/t11-,12-/m0/s1. The highest BCUT2D eigenvalue weighted by Gasteiger charge is 2.38. The van der Waals surface area contributed by atoms with E-state index in [0.29, 0.717) is 11.8 Å². The molecule has 0 bridgehead atoms. The van der Waals surface area contributed by atoms with Gasteiger partial charge in [0.25, 0.3) is 0 Å². The fourth-order valence-corrected chi connectivity index (χ4v) is 3.55. The Morgan fingerprint density at radius 2 is 2.00 bits per heavy atom. The first-order valence-electron chi connectivity index (χ1n) is 8.05. The molecule has 2 saturated heterocycles. The van der Waals surface area contributed by atoms with Crippen LogP contribution in [0.2, 0.25) is 0 Å². The number of hydrogen-bond acceptors (Lipinski definition) is 5. The van der Waals surface area contributed by atoms with Crippen molar-refractivity contribution in [3.63, 3.8) is 0 Å². The van der Waals surface area contributed by atoms with Gasteiger partial charge in [-0.3, -0.25) is 9.69 Å². The molecule has 2 aliphatic heterocycles. The van der Waals surface area contributed by atoms with Crippen molar-refractivity contribution in [2.45, 2.75) is 50.0 Å². The lowest BCUT2D eigenvalue weighted by Crippen LogP contribution is -2.45. The summed E-state index contributed by atoms with van der Waals surface area (Å²) < 4.78 is 5.39. The van der Waals surface area contributed by atoms with Gasteiger partial charge in [-0.1, -0.05) is 5.16 Å². The van der Waals surface area contributed by atoms with Crippen LogP contribution in [0.4, 0.5) is 0 Å². The molecule has 0 spiro atoms. The number of hydrogen-bond donors (Lipinski definition) is 0. The quantitative estimate of drug-likeness (QED) is 0.841. The zero-order valence-electron chi connectivity index (χ0n) is 12.5. The summed E-state index contributed by atoms with van der Waals surface area (Å²) in [4.78, 5) is 20.9. The Bertz CT molecular complexity index is 540. The van der Waals surface area contributed by atoms with E-state index in [4.69, 9.17) is 4.52 Å².